The molecule has 3 atom stereocenters. The molecule has 3 aromatic rings. The maximum absolute atomic E-state index is 13.6. The molecule has 14 heteroatoms. The molecule has 0 aromatic carbocycles. The van der Waals surface area contributed by atoms with Gasteiger partial charge in [-0.3, -0.25) is 4.40 Å². The number of sulfonamides is 1. The minimum Gasteiger partial charge on any atom is -0.363 e. The molecule has 1 saturated heterocycles. The first-order chi connectivity index (χ1) is 16.5. The zero-order valence-electron chi connectivity index (χ0n) is 19.4. The average Bonchev–Trinajstić information content (AvgIpc) is 3.19. The molecule has 0 spiro atoms. The zero-order valence-corrected chi connectivity index (χ0v) is 21.0. The first kappa shape index (κ1) is 24.4. The Bertz CT molecular complexity index is 1360. The third-order valence-corrected chi connectivity index (χ3v) is 9.28. The second-order valence-electron chi connectivity index (χ2n) is 9.51. The highest BCUT2D eigenvalue weighted by Crippen LogP contribution is 2.38. The van der Waals surface area contributed by atoms with Gasteiger partial charge in [0, 0.05) is 30.4 Å². The van der Waals surface area contributed by atoms with E-state index in [1.807, 2.05) is 25.7 Å². The van der Waals surface area contributed by atoms with Crippen LogP contribution >= 0.6 is 11.3 Å². The Labute approximate surface area is 204 Å². The molecule has 0 amide bonds. The monoisotopic (exact) mass is 529 g/mol. The van der Waals surface area contributed by atoms with Crippen molar-refractivity contribution < 1.29 is 21.6 Å². The van der Waals surface area contributed by atoms with Crippen LogP contribution in [0.3, 0.4) is 0 Å². The van der Waals surface area contributed by atoms with Crippen LogP contribution in [0.2, 0.25) is 0 Å². The van der Waals surface area contributed by atoms with Crippen molar-refractivity contribution in [2.45, 2.75) is 68.6 Å². The van der Waals surface area contributed by atoms with Gasteiger partial charge < -0.3 is 10.2 Å². The molecule has 1 saturated carbocycles. The molecular weight excluding hydrogens is 503 g/mol. The Morgan fingerprint density at radius 3 is 2.69 bits per heavy atom. The largest absolute Gasteiger partial charge is 0.363 e. The van der Waals surface area contributed by atoms with Gasteiger partial charge in [-0.05, 0) is 39.7 Å². The van der Waals surface area contributed by atoms with Crippen LogP contribution in [0.5, 0.6) is 0 Å². The number of piperazine rings is 1. The number of aromatic nitrogens is 4. The molecule has 0 radical (unpaired) electrons. The van der Waals surface area contributed by atoms with Crippen LogP contribution in [-0.2, 0) is 10.0 Å². The maximum atomic E-state index is 13.6. The molecule has 5 rings (SSSR count). The van der Waals surface area contributed by atoms with Crippen molar-refractivity contribution in [2.24, 2.45) is 0 Å². The summed E-state index contributed by atoms with van der Waals surface area (Å²) in [6, 6.07) is 0.950. The molecule has 3 aromatic heterocycles. The number of alkyl halides is 3. The number of anilines is 1. The molecule has 0 unspecified atom stereocenters. The highest BCUT2D eigenvalue weighted by atomic mass is 32.2. The van der Waals surface area contributed by atoms with E-state index < -0.39 is 39.7 Å². The molecule has 0 bridgehead atoms. The van der Waals surface area contributed by atoms with E-state index in [2.05, 4.69) is 25.2 Å². The van der Waals surface area contributed by atoms with Crippen LogP contribution in [0.4, 0.5) is 18.9 Å². The Hall–Kier alpha value is -2.29. The summed E-state index contributed by atoms with van der Waals surface area (Å²) in [7, 11) is -3.91. The molecule has 2 fully saturated rings. The highest BCUT2D eigenvalue weighted by Gasteiger charge is 2.42. The Morgan fingerprint density at radius 1 is 1.31 bits per heavy atom. The minimum absolute atomic E-state index is 0.00107. The van der Waals surface area contributed by atoms with Gasteiger partial charge in [0.05, 0.1) is 17.9 Å². The summed E-state index contributed by atoms with van der Waals surface area (Å²) in [5, 5.41) is 10.4. The molecular formula is C21H26F3N7O2S2. The number of hydrogen-bond acceptors (Lipinski definition) is 8. The van der Waals surface area contributed by atoms with Gasteiger partial charge in [0.25, 0.3) is 6.43 Å². The fourth-order valence-corrected chi connectivity index (χ4v) is 6.50. The van der Waals surface area contributed by atoms with Gasteiger partial charge in [-0.2, -0.15) is 0 Å². The number of hydrogen-bond donors (Lipinski definition) is 2. The van der Waals surface area contributed by atoms with Crippen molar-refractivity contribution in [3.8, 4) is 10.7 Å². The molecule has 2 aliphatic rings. The number of rotatable bonds is 7. The van der Waals surface area contributed by atoms with Crippen LogP contribution < -0.4 is 14.9 Å². The van der Waals surface area contributed by atoms with Crippen molar-refractivity contribution in [2.75, 3.05) is 18.1 Å². The summed E-state index contributed by atoms with van der Waals surface area (Å²) >= 11 is 0.722. The zero-order chi connectivity index (χ0) is 25.1. The number of imidazole rings is 1. The summed E-state index contributed by atoms with van der Waals surface area (Å²) in [5.74, 6) is 0. The van der Waals surface area contributed by atoms with Crippen molar-refractivity contribution in [3.63, 3.8) is 0 Å². The maximum Gasteiger partial charge on any atom is 0.291 e. The van der Waals surface area contributed by atoms with Crippen LogP contribution in [0, 0.1) is 0 Å². The predicted molar refractivity (Wildman–Crippen MR) is 126 cm³/mol. The van der Waals surface area contributed by atoms with E-state index in [9.17, 15) is 21.6 Å². The lowest BCUT2D eigenvalue weighted by atomic mass is 10.0. The van der Waals surface area contributed by atoms with Crippen molar-refractivity contribution in [3.05, 3.63) is 23.5 Å². The van der Waals surface area contributed by atoms with Crippen molar-refractivity contribution in [1.29, 1.82) is 0 Å². The van der Waals surface area contributed by atoms with Crippen molar-refractivity contribution in [1.82, 2.24) is 29.6 Å². The fourth-order valence-electron chi connectivity index (χ4n) is 4.31. The standard InChI is InChI=1S/C21H26F3N7O2S2/c1-11-12(2)30(9-13(7-22)26-11)15-6-14(35(32,33)29-21(3)4-5-21)10-31-16(8-25-18(15)31)19-27-28-20(34-19)17(23)24/h6,8,10-13,17,26,29H,4-5,7,9H2,1-3H3/t11-,12+,13+/m1/s1. The summed E-state index contributed by atoms with van der Waals surface area (Å²) in [6.45, 7) is 5.48. The smallest absolute Gasteiger partial charge is 0.291 e. The normalized spacial score (nSPS) is 24.4. The average molecular weight is 530 g/mol. The lowest BCUT2D eigenvalue weighted by Gasteiger charge is -2.43. The quantitative estimate of drug-likeness (QED) is 0.485. The Kier molecular flexibility index (Phi) is 6.05. The van der Waals surface area contributed by atoms with Gasteiger partial charge in [0.2, 0.25) is 10.0 Å². The number of nitrogens with zero attached hydrogens (tertiary/aromatic N) is 5. The second-order valence-corrected chi connectivity index (χ2v) is 12.2. The first-order valence-electron chi connectivity index (χ1n) is 11.3. The molecule has 4 heterocycles. The van der Waals surface area contributed by atoms with E-state index in [1.165, 1.54) is 12.4 Å². The van der Waals surface area contributed by atoms with Gasteiger partial charge in [-0.1, -0.05) is 11.3 Å². The van der Waals surface area contributed by atoms with Crippen LogP contribution in [0.25, 0.3) is 16.3 Å². The van der Waals surface area contributed by atoms with E-state index in [4.69, 9.17) is 0 Å². The first-order valence-corrected chi connectivity index (χ1v) is 13.6. The molecule has 2 N–H and O–H groups in total. The van der Waals surface area contributed by atoms with Gasteiger partial charge >= 0.3 is 0 Å². The highest BCUT2D eigenvalue weighted by molar-refractivity contribution is 7.89. The number of fused-ring (bicyclic) bond motifs is 1. The topological polar surface area (TPSA) is 105 Å². The van der Waals surface area contributed by atoms with Gasteiger partial charge in [0.15, 0.2) is 15.7 Å². The number of pyridine rings is 1. The molecule has 35 heavy (non-hydrogen) atoms. The van der Waals surface area contributed by atoms with E-state index in [-0.39, 0.29) is 22.0 Å². The molecule has 1 aliphatic heterocycles. The lowest BCUT2D eigenvalue weighted by molar-refractivity contribution is 0.150. The van der Waals surface area contributed by atoms with Crippen molar-refractivity contribution >= 4 is 32.7 Å². The van der Waals surface area contributed by atoms with E-state index >= 15 is 0 Å². The Balaban J connectivity index is 1.68. The van der Waals surface area contributed by atoms with E-state index in [1.54, 1.807) is 10.5 Å². The third-order valence-electron chi connectivity index (χ3n) is 6.73. The molecule has 9 nitrogen and oxygen atoms in total. The lowest BCUT2D eigenvalue weighted by Crippen LogP contribution is -2.61. The summed E-state index contributed by atoms with van der Waals surface area (Å²) in [5.41, 5.74) is 0.785. The van der Waals surface area contributed by atoms with Crippen LogP contribution in [0.1, 0.15) is 45.0 Å². The van der Waals surface area contributed by atoms with E-state index in [0.29, 0.717) is 23.6 Å². The fraction of sp³-hybridized carbons (Fsp3) is 0.571. The third kappa shape index (κ3) is 4.52. The van der Waals surface area contributed by atoms with Crippen LogP contribution in [-0.4, -0.2) is 64.9 Å². The summed E-state index contributed by atoms with van der Waals surface area (Å²) in [6.07, 6.45) is 1.59. The molecule has 190 valence electrons. The number of halogens is 3. The van der Waals surface area contributed by atoms with Crippen LogP contribution in [0.15, 0.2) is 23.4 Å². The minimum atomic E-state index is -3.91. The second kappa shape index (κ2) is 8.68. The summed E-state index contributed by atoms with van der Waals surface area (Å²) < 4.78 is 70.9. The summed E-state index contributed by atoms with van der Waals surface area (Å²) in [4.78, 5) is 6.43. The van der Waals surface area contributed by atoms with Gasteiger partial charge in [-0.25, -0.2) is 31.3 Å². The van der Waals surface area contributed by atoms with Gasteiger partial charge in [0.1, 0.15) is 17.3 Å². The van der Waals surface area contributed by atoms with Gasteiger partial charge in [-0.15, -0.1) is 10.2 Å². The Morgan fingerprint density at radius 2 is 2.06 bits per heavy atom. The molecule has 1 aliphatic carbocycles. The number of nitrogens with one attached hydrogen (secondary N) is 2. The SMILES string of the molecule is C[C@H]1N[C@@H](CF)CN(c2cc(S(=O)(=O)NC3(C)CC3)cn3c(-c4nnc(C(F)F)s4)cnc23)[C@H]1C. The van der Waals surface area contributed by atoms with E-state index in [0.717, 1.165) is 24.2 Å². The predicted octanol–water partition coefficient (Wildman–Crippen LogP) is 3.15.